The molecule has 0 radical (unpaired) electrons. The first-order valence-corrected chi connectivity index (χ1v) is 8.15. The molecule has 24 heavy (non-hydrogen) atoms. The first-order chi connectivity index (χ1) is 11.3. The molecule has 0 aliphatic carbocycles. The lowest BCUT2D eigenvalue weighted by atomic mass is 10.1. The second kappa shape index (κ2) is 9.08. The third-order valence-corrected chi connectivity index (χ3v) is 3.93. The number of halogens is 1. The predicted octanol–water partition coefficient (Wildman–Crippen LogP) is 3.82. The number of nitriles is 1. The van der Waals surface area contributed by atoms with Crippen molar-refractivity contribution in [2.24, 2.45) is 5.92 Å². The standard InChI is InChI=1S/C17H20BrN3O3/c1-5-24-17(22)15(20)14(18)16(10(2)3)21-12-8-11(9-19)6-7-13(12)23-4/h6-8,10,20-21H,5H2,1-4H3/b16-14+,20-15?. The fourth-order valence-corrected chi connectivity index (χ4v) is 2.62. The molecule has 6 nitrogen and oxygen atoms in total. The van der Waals surface area contributed by atoms with Crippen LogP contribution in [0.3, 0.4) is 0 Å². The van der Waals surface area contributed by atoms with E-state index in [9.17, 15) is 4.79 Å². The normalized spacial score (nSPS) is 11.4. The molecular formula is C17H20BrN3O3. The number of carbonyl (C=O) groups is 1. The zero-order chi connectivity index (χ0) is 18.3. The Labute approximate surface area is 150 Å². The second-order valence-electron chi connectivity index (χ2n) is 5.13. The lowest BCUT2D eigenvalue weighted by molar-refractivity contribution is -0.135. The highest BCUT2D eigenvalue weighted by Crippen LogP contribution is 2.30. The molecule has 0 aliphatic rings. The van der Waals surface area contributed by atoms with E-state index in [0.29, 0.717) is 27.2 Å². The summed E-state index contributed by atoms with van der Waals surface area (Å²) < 4.78 is 10.5. The van der Waals surface area contributed by atoms with Crippen LogP contribution >= 0.6 is 15.9 Å². The summed E-state index contributed by atoms with van der Waals surface area (Å²) in [5.41, 5.74) is 1.39. The van der Waals surface area contributed by atoms with E-state index in [1.165, 1.54) is 7.11 Å². The van der Waals surface area contributed by atoms with Gasteiger partial charge in [-0.25, -0.2) is 4.79 Å². The van der Waals surface area contributed by atoms with Crippen LogP contribution in [0.25, 0.3) is 0 Å². The number of benzene rings is 1. The topological polar surface area (TPSA) is 95.2 Å². The third-order valence-electron chi connectivity index (χ3n) is 3.11. The smallest absolute Gasteiger partial charge is 0.357 e. The molecule has 7 heteroatoms. The van der Waals surface area contributed by atoms with Crippen LogP contribution in [-0.2, 0) is 9.53 Å². The molecule has 1 rings (SSSR count). The van der Waals surface area contributed by atoms with Crippen molar-refractivity contribution >= 4 is 33.3 Å². The Morgan fingerprint density at radius 3 is 2.62 bits per heavy atom. The fourth-order valence-electron chi connectivity index (χ4n) is 1.90. The molecule has 1 aromatic rings. The van der Waals surface area contributed by atoms with E-state index in [4.69, 9.17) is 20.1 Å². The van der Waals surface area contributed by atoms with E-state index in [2.05, 4.69) is 27.3 Å². The van der Waals surface area contributed by atoms with Gasteiger partial charge in [-0.1, -0.05) is 13.8 Å². The largest absolute Gasteiger partial charge is 0.495 e. The van der Waals surface area contributed by atoms with Gasteiger partial charge in [0.05, 0.1) is 35.5 Å². The highest BCUT2D eigenvalue weighted by Gasteiger charge is 2.20. The number of allylic oxidation sites excluding steroid dienone is 1. The van der Waals surface area contributed by atoms with Crippen LogP contribution in [0.15, 0.2) is 28.4 Å². The van der Waals surface area contributed by atoms with Crippen LogP contribution in [0.1, 0.15) is 26.3 Å². The Morgan fingerprint density at radius 1 is 1.46 bits per heavy atom. The molecule has 2 N–H and O–H groups in total. The Balaban J connectivity index is 3.28. The maximum atomic E-state index is 11.8. The molecule has 1 aromatic carbocycles. The lowest BCUT2D eigenvalue weighted by Crippen LogP contribution is -2.20. The number of nitrogens with zero attached hydrogens (tertiary/aromatic N) is 1. The summed E-state index contributed by atoms with van der Waals surface area (Å²) in [6.07, 6.45) is 0. The highest BCUT2D eigenvalue weighted by atomic mass is 79.9. The minimum Gasteiger partial charge on any atom is -0.495 e. The Bertz CT molecular complexity index is 706. The molecule has 0 heterocycles. The van der Waals surface area contributed by atoms with E-state index in [-0.39, 0.29) is 18.2 Å². The van der Waals surface area contributed by atoms with Crippen molar-refractivity contribution in [3.63, 3.8) is 0 Å². The van der Waals surface area contributed by atoms with E-state index in [0.717, 1.165) is 0 Å². The zero-order valence-electron chi connectivity index (χ0n) is 14.1. The van der Waals surface area contributed by atoms with Crippen molar-refractivity contribution in [3.8, 4) is 11.8 Å². The van der Waals surface area contributed by atoms with Gasteiger partial charge in [0, 0.05) is 5.70 Å². The van der Waals surface area contributed by atoms with E-state index in [1.807, 2.05) is 13.8 Å². The van der Waals surface area contributed by atoms with Gasteiger partial charge in [0.15, 0.2) is 5.71 Å². The summed E-state index contributed by atoms with van der Waals surface area (Å²) in [6, 6.07) is 7.05. The molecule has 0 saturated heterocycles. The SMILES string of the molecule is CCOC(=O)C(=N)/C(Br)=C(\Nc1cc(C#N)ccc1OC)C(C)C. The Morgan fingerprint density at radius 2 is 2.12 bits per heavy atom. The summed E-state index contributed by atoms with van der Waals surface area (Å²) >= 11 is 3.31. The van der Waals surface area contributed by atoms with Crippen LogP contribution in [0.2, 0.25) is 0 Å². The minimum atomic E-state index is -0.706. The predicted molar refractivity (Wildman–Crippen MR) is 96.5 cm³/mol. The minimum absolute atomic E-state index is 0.0235. The molecular weight excluding hydrogens is 374 g/mol. The van der Waals surface area contributed by atoms with E-state index in [1.54, 1.807) is 25.1 Å². The van der Waals surface area contributed by atoms with Gasteiger partial charge >= 0.3 is 5.97 Å². The molecule has 0 bridgehead atoms. The molecule has 0 amide bonds. The molecule has 0 unspecified atom stereocenters. The number of esters is 1. The van der Waals surface area contributed by atoms with E-state index < -0.39 is 5.97 Å². The van der Waals surface area contributed by atoms with Gasteiger partial charge in [-0.15, -0.1) is 0 Å². The van der Waals surface area contributed by atoms with Gasteiger partial charge in [-0.2, -0.15) is 5.26 Å². The first-order valence-electron chi connectivity index (χ1n) is 7.36. The van der Waals surface area contributed by atoms with E-state index >= 15 is 0 Å². The van der Waals surface area contributed by atoms with Crippen LogP contribution in [0, 0.1) is 22.7 Å². The molecule has 0 saturated carbocycles. The van der Waals surface area contributed by atoms with Gasteiger partial charge < -0.3 is 14.8 Å². The molecule has 0 atom stereocenters. The van der Waals surface area contributed by atoms with Gasteiger partial charge in [0.25, 0.3) is 0 Å². The van der Waals surface area contributed by atoms with Crippen molar-refractivity contribution < 1.29 is 14.3 Å². The highest BCUT2D eigenvalue weighted by molar-refractivity contribution is 9.12. The maximum absolute atomic E-state index is 11.8. The van der Waals surface area contributed by atoms with Crippen LogP contribution in [0.4, 0.5) is 5.69 Å². The molecule has 0 spiro atoms. The van der Waals surface area contributed by atoms with Crippen molar-refractivity contribution in [1.82, 2.24) is 0 Å². The average Bonchev–Trinajstić information content (AvgIpc) is 2.57. The van der Waals surface area contributed by atoms with Crippen LogP contribution in [0.5, 0.6) is 5.75 Å². The van der Waals surface area contributed by atoms with Crippen molar-refractivity contribution in [2.45, 2.75) is 20.8 Å². The summed E-state index contributed by atoms with van der Waals surface area (Å²) in [5.74, 6) is -0.179. The number of anilines is 1. The zero-order valence-corrected chi connectivity index (χ0v) is 15.7. The number of rotatable bonds is 7. The maximum Gasteiger partial charge on any atom is 0.357 e. The summed E-state index contributed by atoms with van der Waals surface area (Å²) in [7, 11) is 1.53. The van der Waals surface area contributed by atoms with Gasteiger partial charge in [0.1, 0.15) is 5.75 Å². The third kappa shape index (κ3) is 4.83. The van der Waals surface area contributed by atoms with Crippen LogP contribution < -0.4 is 10.1 Å². The summed E-state index contributed by atoms with van der Waals surface area (Å²) in [4.78, 5) is 11.8. The lowest BCUT2D eigenvalue weighted by Gasteiger charge is -2.19. The molecule has 128 valence electrons. The van der Waals surface area contributed by atoms with Gasteiger partial charge in [-0.05, 0) is 47.0 Å². The number of nitrogens with one attached hydrogen (secondary N) is 2. The number of hydrogen-bond donors (Lipinski definition) is 2. The first kappa shape index (κ1) is 19.7. The van der Waals surface area contributed by atoms with Crippen molar-refractivity contribution in [2.75, 3.05) is 19.0 Å². The number of hydrogen-bond acceptors (Lipinski definition) is 6. The van der Waals surface area contributed by atoms with Gasteiger partial charge in [-0.3, -0.25) is 5.41 Å². The summed E-state index contributed by atoms with van der Waals surface area (Å²) in [5, 5.41) is 20.2. The van der Waals surface area contributed by atoms with Crippen LogP contribution in [-0.4, -0.2) is 25.4 Å². The molecule has 0 aliphatic heterocycles. The number of methoxy groups -OCH3 is 1. The Kier molecular flexibility index (Phi) is 7.46. The second-order valence-corrected chi connectivity index (χ2v) is 5.92. The number of carbonyl (C=O) groups excluding carboxylic acids is 1. The Hall–Kier alpha value is -2.33. The molecule has 0 fully saturated rings. The molecule has 0 aromatic heterocycles. The van der Waals surface area contributed by atoms with Crippen molar-refractivity contribution in [3.05, 3.63) is 33.9 Å². The van der Waals surface area contributed by atoms with Gasteiger partial charge in [0.2, 0.25) is 0 Å². The quantitative estimate of drug-likeness (QED) is 0.542. The summed E-state index contributed by atoms with van der Waals surface area (Å²) in [6.45, 7) is 5.72. The number of ether oxygens (including phenoxy) is 2. The van der Waals surface area contributed by atoms with Crippen molar-refractivity contribution in [1.29, 1.82) is 10.7 Å². The fraction of sp³-hybridized carbons (Fsp3) is 0.353. The average molecular weight is 394 g/mol. The monoisotopic (exact) mass is 393 g/mol.